The highest BCUT2D eigenvalue weighted by molar-refractivity contribution is 5.92. The zero-order valence-electron chi connectivity index (χ0n) is 15.3. The van der Waals surface area contributed by atoms with Gasteiger partial charge in [-0.05, 0) is 41.9 Å². The van der Waals surface area contributed by atoms with Gasteiger partial charge in [-0.15, -0.1) is 0 Å². The van der Waals surface area contributed by atoms with Gasteiger partial charge in [-0.2, -0.15) is 0 Å². The summed E-state index contributed by atoms with van der Waals surface area (Å²) in [7, 11) is 2.00. The zero-order valence-corrected chi connectivity index (χ0v) is 15.3. The number of hydrogen-bond acceptors (Lipinski definition) is 2. The maximum atomic E-state index is 13.1. The third kappa shape index (κ3) is 1.89. The minimum absolute atomic E-state index is 0.0575. The molecule has 0 aliphatic heterocycles. The average Bonchev–Trinajstić information content (AvgIpc) is 3.01. The molecule has 25 heavy (non-hydrogen) atoms. The molecule has 2 atom stereocenters. The van der Waals surface area contributed by atoms with Gasteiger partial charge in [-0.25, -0.2) is 4.68 Å². The van der Waals surface area contributed by atoms with Gasteiger partial charge in [0.1, 0.15) is 0 Å². The average molecular weight is 339 g/mol. The lowest BCUT2D eigenvalue weighted by atomic mass is 9.70. The standard InChI is InChI=1S/C20H25N3O2/c1-19(2)14-9-10-20(19,3)16-15(14)18(25)23(22(16)4)11-12-5-7-13(8-6-12)17(21)24/h5-8,14H,9-11H2,1-4H3,(H2,21,24)/t14-,20+/m1/s1. The molecular formula is C20H25N3O2. The Bertz CT molecular complexity index is 933. The van der Waals surface area contributed by atoms with Crippen LogP contribution in [-0.2, 0) is 19.0 Å². The molecule has 1 heterocycles. The molecule has 1 fully saturated rings. The Morgan fingerprint density at radius 2 is 1.88 bits per heavy atom. The molecule has 1 saturated carbocycles. The molecule has 2 aliphatic rings. The Hall–Kier alpha value is -2.30. The topological polar surface area (TPSA) is 70.0 Å². The lowest BCUT2D eigenvalue weighted by molar-refractivity contribution is 0.100. The molecule has 2 N–H and O–H groups in total. The second-order valence-corrected chi connectivity index (χ2v) is 8.35. The molecule has 4 rings (SSSR count). The van der Waals surface area contributed by atoms with Crippen LogP contribution in [0.3, 0.4) is 0 Å². The number of benzene rings is 1. The van der Waals surface area contributed by atoms with Gasteiger partial charge >= 0.3 is 0 Å². The summed E-state index contributed by atoms with van der Waals surface area (Å²) in [4.78, 5) is 24.4. The Balaban J connectivity index is 1.77. The first-order valence-corrected chi connectivity index (χ1v) is 8.87. The summed E-state index contributed by atoms with van der Waals surface area (Å²) >= 11 is 0. The Morgan fingerprint density at radius 1 is 1.24 bits per heavy atom. The van der Waals surface area contributed by atoms with Crippen LogP contribution in [-0.4, -0.2) is 15.3 Å². The smallest absolute Gasteiger partial charge is 0.270 e. The predicted octanol–water partition coefficient (Wildman–Crippen LogP) is 2.51. The Labute approximate surface area is 147 Å². The quantitative estimate of drug-likeness (QED) is 0.933. The fourth-order valence-electron chi connectivity index (χ4n) is 5.19. The van der Waals surface area contributed by atoms with E-state index in [2.05, 4.69) is 25.5 Å². The van der Waals surface area contributed by atoms with Gasteiger partial charge in [-0.1, -0.05) is 32.9 Å². The van der Waals surface area contributed by atoms with Crippen molar-refractivity contribution in [2.45, 2.75) is 51.5 Å². The van der Waals surface area contributed by atoms with E-state index in [9.17, 15) is 9.59 Å². The van der Waals surface area contributed by atoms with Crippen molar-refractivity contribution in [2.24, 2.45) is 18.2 Å². The van der Waals surface area contributed by atoms with E-state index in [4.69, 9.17) is 5.73 Å². The molecule has 0 spiro atoms. The highest BCUT2D eigenvalue weighted by Crippen LogP contribution is 2.66. The highest BCUT2D eigenvalue weighted by Gasteiger charge is 2.62. The number of nitrogens with two attached hydrogens (primary N) is 1. The molecule has 2 aliphatic carbocycles. The number of hydrogen-bond donors (Lipinski definition) is 1. The van der Waals surface area contributed by atoms with Gasteiger partial charge in [0, 0.05) is 23.6 Å². The first kappa shape index (κ1) is 16.2. The van der Waals surface area contributed by atoms with Crippen LogP contribution in [0, 0.1) is 5.41 Å². The summed E-state index contributed by atoms with van der Waals surface area (Å²) in [6.45, 7) is 7.42. The fourth-order valence-corrected chi connectivity index (χ4v) is 5.19. The maximum absolute atomic E-state index is 13.1. The van der Waals surface area contributed by atoms with Crippen molar-refractivity contribution in [2.75, 3.05) is 0 Å². The molecule has 5 heteroatoms. The van der Waals surface area contributed by atoms with Gasteiger partial charge in [0.15, 0.2) is 0 Å². The van der Waals surface area contributed by atoms with Crippen molar-refractivity contribution in [3.8, 4) is 0 Å². The van der Waals surface area contributed by atoms with E-state index in [1.165, 1.54) is 5.69 Å². The molecule has 0 saturated heterocycles. The molecule has 2 bridgehead atoms. The van der Waals surface area contributed by atoms with Crippen molar-refractivity contribution < 1.29 is 4.79 Å². The molecular weight excluding hydrogens is 314 g/mol. The summed E-state index contributed by atoms with van der Waals surface area (Å²) in [5, 5.41) is 0. The van der Waals surface area contributed by atoms with Gasteiger partial charge in [0.2, 0.25) is 5.91 Å². The number of fused-ring (bicyclic) bond motifs is 5. The summed E-state index contributed by atoms with van der Waals surface area (Å²) in [5.41, 5.74) is 9.33. The van der Waals surface area contributed by atoms with E-state index in [0.29, 0.717) is 18.0 Å². The number of carbonyl (C=O) groups excluding carboxylic acids is 1. The Kier molecular flexibility index (Phi) is 3.15. The molecule has 1 aromatic carbocycles. The first-order valence-electron chi connectivity index (χ1n) is 8.87. The largest absolute Gasteiger partial charge is 0.366 e. The number of nitrogens with zero attached hydrogens (tertiary/aromatic N) is 2. The molecule has 1 aromatic heterocycles. The number of carbonyl (C=O) groups is 1. The van der Waals surface area contributed by atoms with Gasteiger partial charge in [-0.3, -0.25) is 14.3 Å². The molecule has 5 nitrogen and oxygen atoms in total. The normalized spacial score (nSPS) is 26.0. The van der Waals surface area contributed by atoms with Crippen LogP contribution < -0.4 is 11.3 Å². The summed E-state index contributed by atoms with van der Waals surface area (Å²) < 4.78 is 3.90. The second-order valence-electron chi connectivity index (χ2n) is 8.35. The van der Waals surface area contributed by atoms with Crippen LogP contribution >= 0.6 is 0 Å². The lowest BCUT2D eigenvalue weighted by Crippen LogP contribution is -2.35. The van der Waals surface area contributed by atoms with Gasteiger partial charge in [0.25, 0.3) is 5.56 Å². The van der Waals surface area contributed by atoms with Crippen LogP contribution in [0.4, 0.5) is 0 Å². The number of primary amides is 1. The lowest BCUT2D eigenvalue weighted by Gasteiger charge is -2.36. The van der Waals surface area contributed by atoms with Crippen LogP contribution in [0.25, 0.3) is 0 Å². The van der Waals surface area contributed by atoms with Crippen molar-refractivity contribution in [1.29, 1.82) is 0 Å². The van der Waals surface area contributed by atoms with Crippen molar-refractivity contribution in [3.05, 3.63) is 57.0 Å². The van der Waals surface area contributed by atoms with Gasteiger partial charge in [0.05, 0.1) is 12.2 Å². The van der Waals surface area contributed by atoms with Crippen LogP contribution in [0.1, 0.15) is 66.7 Å². The van der Waals surface area contributed by atoms with E-state index in [1.54, 1.807) is 12.1 Å². The fraction of sp³-hybridized carbons (Fsp3) is 0.500. The summed E-state index contributed by atoms with van der Waals surface area (Å²) in [5.74, 6) is -0.0852. The number of amides is 1. The second kappa shape index (κ2) is 4.87. The molecule has 2 aromatic rings. The van der Waals surface area contributed by atoms with Crippen molar-refractivity contribution in [3.63, 3.8) is 0 Å². The van der Waals surface area contributed by atoms with E-state index in [-0.39, 0.29) is 16.4 Å². The third-order valence-corrected chi connectivity index (χ3v) is 7.07. The summed E-state index contributed by atoms with van der Waals surface area (Å²) in [6, 6.07) is 7.16. The maximum Gasteiger partial charge on any atom is 0.270 e. The van der Waals surface area contributed by atoms with Crippen molar-refractivity contribution in [1.82, 2.24) is 9.36 Å². The zero-order chi connectivity index (χ0) is 18.1. The van der Waals surface area contributed by atoms with E-state index in [1.807, 2.05) is 23.9 Å². The van der Waals surface area contributed by atoms with E-state index >= 15 is 0 Å². The molecule has 1 amide bonds. The molecule has 0 radical (unpaired) electrons. The predicted molar refractivity (Wildman–Crippen MR) is 96.8 cm³/mol. The van der Waals surface area contributed by atoms with Crippen LogP contribution in [0.2, 0.25) is 0 Å². The van der Waals surface area contributed by atoms with E-state index in [0.717, 1.165) is 24.0 Å². The molecule has 132 valence electrons. The SMILES string of the molecule is Cn1c2c(c(=O)n1Cc1ccc(C(N)=O)cc1)[C@H]1CC[C@]2(C)C1(C)C. The number of aromatic nitrogens is 2. The Morgan fingerprint density at radius 3 is 2.44 bits per heavy atom. The molecule has 0 unspecified atom stereocenters. The monoisotopic (exact) mass is 339 g/mol. The first-order chi connectivity index (χ1) is 11.7. The van der Waals surface area contributed by atoms with Crippen molar-refractivity contribution >= 4 is 5.91 Å². The van der Waals surface area contributed by atoms with Crippen LogP contribution in [0.5, 0.6) is 0 Å². The number of rotatable bonds is 3. The van der Waals surface area contributed by atoms with Gasteiger partial charge < -0.3 is 5.73 Å². The van der Waals surface area contributed by atoms with Crippen LogP contribution in [0.15, 0.2) is 29.1 Å². The van der Waals surface area contributed by atoms with E-state index < -0.39 is 5.91 Å². The minimum atomic E-state index is -0.437. The summed E-state index contributed by atoms with van der Waals surface area (Å²) in [6.07, 6.45) is 2.24. The third-order valence-electron chi connectivity index (χ3n) is 7.07. The minimum Gasteiger partial charge on any atom is -0.366 e. The highest BCUT2D eigenvalue weighted by atomic mass is 16.1.